The Kier molecular flexibility index (Phi) is 5.49. The monoisotopic (exact) mass is 423 g/mol. The predicted octanol–water partition coefficient (Wildman–Crippen LogP) is 2.91. The van der Waals surface area contributed by atoms with E-state index in [0.717, 1.165) is 5.56 Å². The number of hydrogen-bond acceptors (Lipinski definition) is 5. The predicted molar refractivity (Wildman–Crippen MR) is 114 cm³/mol. The molecule has 30 heavy (non-hydrogen) atoms. The Balaban J connectivity index is 1.57. The van der Waals surface area contributed by atoms with Gasteiger partial charge >= 0.3 is 0 Å². The molecule has 8 nitrogen and oxygen atoms in total. The van der Waals surface area contributed by atoms with Gasteiger partial charge in [-0.1, -0.05) is 41.9 Å². The number of amides is 2. The van der Waals surface area contributed by atoms with Gasteiger partial charge in [0, 0.05) is 23.7 Å². The average Bonchev–Trinajstić information content (AvgIpc) is 2.73. The van der Waals surface area contributed by atoms with Gasteiger partial charge in [-0.15, -0.1) is 0 Å². The molecule has 1 aliphatic rings. The average molecular weight is 424 g/mol. The van der Waals surface area contributed by atoms with Crippen molar-refractivity contribution in [3.05, 3.63) is 81.1 Å². The van der Waals surface area contributed by atoms with Crippen molar-refractivity contribution in [2.45, 2.75) is 18.9 Å². The zero-order valence-electron chi connectivity index (χ0n) is 15.7. The maximum Gasteiger partial charge on any atom is 0.258 e. The SMILES string of the molecule is O=C1C[C@H](C(=O)NCc2ccccc2)c2c(nc(Nc3ccc(Cl)cc3)[nH]c2=O)N1. The highest BCUT2D eigenvalue weighted by atomic mass is 35.5. The van der Waals surface area contributed by atoms with Crippen LogP contribution in [-0.4, -0.2) is 21.8 Å². The molecule has 2 heterocycles. The molecule has 0 spiro atoms. The summed E-state index contributed by atoms with van der Waals surface area (Å²) in [4.78, 5) is 44.5. The highest BCUT2D eigenvalue weighted by molar-refractivity contribution is 6.30. The molecule has 2 aromatic carbocycles. The highest BCUT2D eigenvalue weighted by Crippen LogP contribution is 2.29. The molecule has 1 atom stereocenters. The molecule has 0 fully saturated rings. The molecule has 0 aliphatic carbocycles. The molecule has 2 amide bonds. The molecule has 0 radical (unpaired) electrons. The van der Waals surface area contributed by atoms with E-state index in [1.165, 1.54) is 0 Å². The van der Waals surface area contributed by atoms with E-state index in [0.29, 0.717) is 17.3 Å². The van der Waals surface area contributed by atoms with E-state index >= 15 is 0 Å². The number of anilines is 3. The van der Waals surface area contributed by atoms with Crippen LogP contribution in [0.1, 0.15) is 23.5 Å². The molecule has 9 heteroatoms. The number of H-pyrrole nitrogens is 1. The van der Waals surface area contributed by atoms with Crippen LogP contribution in [0.5, 0.6) is 0 Å². The second-order valence-electron chi connectivity index (χ2n) is 6.82. The summed E-state index contributed by atoms with van der Waals surface area (Å²) in [6, 6.07) is 16.2. The number of aromatic nitrogens is 2. The summed E-state index contributed by atoms with van der Waals surface area (Å²) in [6.45, 7) is 0.300. The van der Waals surface area contributed by atoms with Gasteiger partial charge in [0.1, 0.15) is 5.82 Å². The second kappa shape index (κ2) is 8.38. The lowest BCUT2D eigenvalue weighted by Crippen LogP contribution is -2.39. The summed E-state index contributed by atoms with van der Waals surface area (Å²) in [5, 5.41) is 8.90. The second-order valence-corrected chi connectivity index (χ2v) is 7.25. The molecule has 0 saturated carbocycles. The van der Waals surface area contributed by atoms with Crippen molar-refractivity contribution in [1.82, 2.24) is 15.3 Å². The van der Waals surface area contributed by atoms with Crippen LogP contribution < -0.4 is 21.5 Å². The van der Waals surface area contributed by atoms with Crippen LogP contribution in [0, 0.1) is 0 Å². The normalized spacial score (nSPS) is 15.1. The Hall–Kier alpha value is -3.65. The fraction of sp³-hybridized carbons (Fsp3) is 0.143. The number of nitrogens with zero attached hydrogens (tertiary/aromatic N) is 1. The lowest BCUT2D eigenvalue weighted by atomic mass is 9.92. The molecule has 0 unspecified atom stereocenters. The molecule has 0 saturated heterocycles. The van der Waals surface area contributed by atoms with Crippen molar-refractivity contribution in [1.29, 1.82) is 0 Å². The smallest absolute Gasteiger partial charge is 0.258 e. The van der Waals surface area contributed by atoms with Crippen molar-refractivity contribution in [2.24, 2.45) is 0 Å². The first-order valence-corrected chi connectivity index (χ1v) is 9.65. The largest absolute Gasteiger partial charge is 0.351 e. The van der Waals surface area contributed by atoms with Crippen molar-refractivity contribution in [3.8, 4) is 0 Å². The van der Waals surface area contributed by atoms with Gasteiger partial charge in [-0.2, -0.15) is 4.98 Å². The van der Waals surface area contributed by atoms with Crippen LogP contribution in [0.2, 0.25) is 5.02 Å². The van der Waals surface area contributed by atoms with Crippen LogP contribution in [-0.2, 0) is 16.1 Å². The zero-order valence-corrected chi connectivity index (χ0v) is 16.5. The van der Waals surface area contributed by atoms with Gasteiger partial charge in [-0.3, -0.25) is 19.4 Å². The Morgan fingerprint density at radius 2 is 1.83 bits per heavy atom. The number of nitrogens with one attached hydrogen (secondary N) is 4. The first-order valence-electron chi connectivity index (χ1n) is 9.28. The third kappa shape index (κ3) is 4.33. The third-order valence-electron chi connectivity index (χ3n) is 4.68. The fourth-order valence-corrected chi connectivity index (χ4v) is 3.36. The van der Waals surface area contributed by atoms with E-state index in [-0.39, 0.29) is 29.7 Å². The number of benzene rings is 2. The van der Waals surface area contributed by atoms with E-state index in [1.807, 2.05) is 30.3 Å². The lowest BCUT2D eigenvalue weighted by molar-refractivity contribution is -0.126. The summed E-state index contributed by atoms with van der Waals surface area (Å²) < 4.78 is 0. The van der Waals surface area contributed by atoms with Crippen molar-refractivity contribution >= 4 is 40.9 Å². The van der Waals surface area contributed by atoms with Crippen LogP contribution in [0.3, 0.4) is 0 Å². The van der Waals surface area contributed by atoms with Crippen LogP contribution in [0.15, 0.2) is 59.4 Å². The molecular formula is C21H18ClN5O3. The van der Waals surface area contributed by atoms with Gasteiger partial charge in [0.05, 0.1) is 11.5 Å². The van der Waals surface area contributed by atoms with Gasteiger partial charge in [0.25, 0.3) is 5.56 Å². The standard InChI is InChI=1S/C21H18ClN5O3/c22-13-6-8-14(9-7-13)24-21-26-18-17(20(30)27-21)15(10-16(28)25-18)19(29)23-11-12-4-2-1-3-5-12/h1-9,15H,10-11H2,(H,23,29)(H3,24,25,26,27,28,30)/t15-/m0/s1. The Morgan fingerprint density at radius 1 is 1.10 bits per heavy atom. The van der Waals surface area contributed by atoms with E-state index in [2.05, 4.69) is 25.9 Å². The van der Waals surface area contributed by atoms with E-state index < -0.39 is 17.4 Å². The van der Waals surface area contributed by atoms with Gasteiger partial charge in [0.15, 0.2) is 0 Å². The molecule has 4 rings (SSSR count). The molecule has 0 bridgehead atoms. The molecule has 3 aromatic rings. The number of fused-ring (bicyclic) bond motifs is 1. The van der Waals surface area contributed by atoms with E-state index in [1.54, 1.807) is 24.3 Å². The van der Waals surface area contributed by atoms with Gasteiger partial charge in [0.2, 0.25) is 17.8 Å². The van der Waals surface area contributed by atoms with Crippen molar-refractivity contribution in [3.63, 3.8) is 0 Å². The number of carbonyl (C=O) groups excluding carboxylic acids is 2. The molecular weight excluding hydrogens is 406 g/mol. The number of aromatic amines is 1. The van der Waals surface area contributed by atoms with E-state index in [9.17, 15) is 14.4 Å². The maximum atomic E-state index is 12.7. The topological polar surface area (TPSA) is 116 Å². The molecule has 1 aromatic heterocycles. The quantitative estimate of drug-likeness (QED) is 0.503. The van der Waals surface area contributed by atoms with Crippen LogP contribution in [0.25, 0.3) is 0 Å². The van der Waals surface area contributed by atoms with Gasteiger partial charge in [-0.05, 0) is 29.8 Å². The number of carbonyl (C=O) groups is 2. The summed E-state index contributed by atoms with van der Waals surface area (Å²) in [7, 11) is 0. The minimum atomic E-state index is -0.918. The number of halogens is 1. The number of hydrogen-bond donors (Lipinski definition) is 4. The van der Waals surface area contributed by atoms with Crippen molar-refractivity contribution < 1.29 is 9.59 Å². The van der Waals surface area contributed by atoms with Crippen molar-refractivity contribution in [2.75, 3.05) is 10.6 Å². The molecule has 4 N–H and O–H groups in total. The molecule has 1 aliphatic heterocycles. The highest BCUT2D eigenvalue weighted by Gasteiger charge is 2.34. The van der Waals surface area contributed by atoms with Gasteiger partial charge < -0.3 is 16.0 Å². The summed E-state index contributed by atoms with van der Waals surface area (Å²) >= 11 is 5.87. The fourth-order valence-electron chi connectivity index (χ4n) is 3.23. The first kappa shape index (κ1) is 19.7. The van der Waals surface area contributed by atoms with Crippen LogP contribution in [0.4, 0.5) is 17.5 Å². The Labute approximate surface area is 176 Å². The zero-order chi connectivity index (χ0) is 21.1. The van der Waals surface area contributed by atoms with E-state index in [4.69, 9.17) is 11.6 Å². The minimum absolute atomic E-state index is 0.0753. The Bertz CT molecular complexity index is 1150. The Morgan fingerprint density at radius 3 is 2.57 bits per heavy atom. The first-order chi connectivity index (χ1) is 14.5. The number of rotatable bonds is 5. The van der Waals surface area contributed by atoms with Gasteiger partial charge in [-0.25, -0.2) is 0 Å². The lowest BCUT2D eigenvalue weighted by Gasteiger charge is -2.23. The maximum absolute atomic E-state index is 12.7. The summed E-state index contributed by atoms with van der Waals surface area (Å²) in [5.74, 6) is -1.48. The van der Waals surface area contributed by atoms with Crippen LogP contribution >= 0.6 is 11.6 Å². The molecule has 152 valence electrons. The minimum Gasteiger partial charge on any atom is -0.351 e. The third-order valence-corrected chi connectivity index (χ3v) is 4.94. The summed E-state index contributed by atoms with van der Waals surface area (Å²) in [5.41, 5.74) is 1.22. The summed E-state index contributed by atoms with van der Waals surface area (Å²) in [6.07, 6.45) is -0.123.